The third kappa shape index (κ3) is 3.37. The van der Waals surface area contributed by atoms with Gasteiger partial charge >= 0.3 is 0 Å². The fourth-order valence-corrected chi connectivity index (χ4v) is 4.24. The number of nitrogens with one attached hydrogen (secondary N) is 1. The molecule has 21 heavy (non-hydrogen) atoms. The first-order valence-corrected chi connectivity index (χ1v) is 8.75. The number of hydrogen-bond donors (Lipinski definition) is 1. The first kappa shape index (κ1) is 15.2. The van der Waals surface area contributed by atoms with Gasteiger partial charge in [0.25, 0.3) is 0 Å². The predicted octanol–water partition coefficient (Wildman–Crippen LogP) is 4.16. The van der Waals surface area contributed by atoms with Gasteiger partial charge in [-0.1, -0.05) is 18.0 Å². The fraction of sp³-hybridized carbons (Fsp3) is 0.667. The molecule has 2 aliphatic rings. The van der Waals surface area contributed by atoms with E-state index in [1.807, 2.05) is 0 Å². The van der Waals surface area contributed by atoms with E-state index in [0.29, 0.717) is 0 Å². The summed E-state index contributed by atoms with van der Waals surface area (Å²) in [6, 6.07) is 2.16. The minimum atomic E-state index is 0.769. The Hall–Kier alpha value is -0.730. The molecule has 0 aromatic heterocycles. The Morgan fingerprint density at radius 1 is 1.19 bits per heavy atom. The summed E-state index contributed by atoms with van der Waals surface area (Å²) in [4.78, 5) is 0. The molecule has 1 aliphatic heterocycles. The average Bonchev–Trinajstić information content (AvgIpc) is 2.73. The molecule has 116 valence electrons. The van der Waals surface area contributed by atoms with Crippen LogP contribution in [0.5, 0.6) is 5.75 Å². The molecule has 3 rings (SSSR count). The Balaban J connectivity index is 1.96. The lowest BCUT2D eigenvalue weighted by atomic mass is 9.86. The molecule has 0 saturated carbocycles. The number of halogens is 1. The van der Waals surface area contributed by atoms with Crippen LogP contribution in [0.3, 0.4) is 0 Å². The standard InChI is InChI=1S/C18H26ClNO/c1-21-18-16(11-13-7-9-20-10-8-13)15-6-4-2-3-5-14(15)12-17(18)19/h12-13,20H,2-11H2,1H3. The highest BCUT2D eigenvalue weighted by molar-refractivity contribution is 6.32. The summed E-state index contributed by atoms with van der Waals surface area (Å²) in [7, 11) is 1.76. The normalized spacial score (nSPS) is 19.9. The lowest BCUT2D eigenvalue weighted by Gasteiger charge is -2.26. The van der Waals surface area contributed by atoms with E-state index in [0.717, 1.165) is 36.2 Å². The molecule has 1 aromatic rings. The monoisotopic (exact) mass is 307 g/mol. The Kier molecular flexibility index (Phi) is 5.07. The van der Waals surface area contributed by atoms with E-state index < -0.39 is 0 Å². The molecule has 0 radical (unpaired) electrons. The van der Waals surface area contributed by atoms with Crippen LogP contribution in [-0.4, -0.2) is 20.2 Å². The molecular formula is C18H26ClNO. The van der Waals surface area contributed by atoms with Gasteiger partial charge in [0.15, 0.2) is 0 Å². The largest absolute Gasteiger partial charge is 0.495 e. The van der Waals surface area contributed by atoms with Crippen LogP contribution < -0.4 is 10.1 Å². The Morgan fingerprint density at radius 3 is 2.71 bits per heavy atom. The van der Waals surface area contributed by atoms with Crippen molar-refractivity contribution in [3.8, 4) is 5.75 Å². The van der Waals surface area contributed by atoms with Gasteiger partial charge in [-0.25, -0.2) is 0 Å². The molecule has 0 atom stereocenters. The van der Waals surface area contributed by atoms with Crippen molar-refractivity contribution in [2.45, 2.75) is 51.4 Å². The van der Waals surface area contributed by atoms with Gasteiger partial charge < -0.3 is 10.1 Å². The zero-order valence-electron chi connectivity index (χ0n) is 13.0. The van der Waals surface area contributed by atoms with Gasteiger partial charge in [-0.2, -0.15) is 0 Å². The number of benzene rings is 1. The lowest BCUT2D eigenvalue weighted by Crippen LogP contribution is -2.29. The van der Waals surface area contributed by atoms with Crippen molar-refractivity contribution in [3.05, 3.63) is 27.8 Å². The van der Waals surface area contributed by atoms with Gasteiger partial charge in [0.1, 0.15) is 5.75 Å². The molecule has 0 bridgehead atoms. The summed E-state index contributed by atoms with van der Waals surface area (Å²) >= 11 is 6.50. The highest BCUT2D eigenvalue weighted by Gasteiger charge is 2.23. The maximum absolute atomic E-state index is 6.50. The smallest absolute Gasteiger partial charge is 0.140 e. The van der Waals surface area contributed by atoms with Gasteiger partial charge in [0.05, 0.1) is 12.1 Å². The number of rotatable bonds is 3. The van der Waals surface area contributed by atoms with Crippen molar-refractivity contribution in [2.75, 3.05) is 20.2 Å². The van der Waals surface area contributed by atoms with E-state index in [9.17, 15) is 0 Å². The summed E-state index contributed by atoms with van der Waals surface area (Å²) in [6.07, 6.45) is 9.98. The quantitative estimate of drug-likeness (QED) is 0.847. The average molecular weight is 308 g/mol. The summed E-state index contributed by atoms with van der Waals surface area (Å²) < 4.78 is 5.68. The number of piperidine rings is 1. The van der Waals surface area contributed by atoms with Gasteiger partial charge in [0, 0.05) is 0 Å². The Bertz CT molecular complexity index is 494. The lowest BCUT2D eigenvalue weighted by molar-refractivity contribution is 0.360. The van der Waals surface area contributed by atoms with Crippen LogP contribution in [-0.2, 0) is 19.3 Å². The van der Waals surface area contributed by atoms with Crippen LogP contribution in [0.2, 0.25) is 5.02 Å². The molecular weight excluding hydrogens is 282 g/mol. The van der Waals surface area contributed by atoms with E-state index in [-0.39, 0.29) is 0 Å². The molecule has 1 saturated heterocycles. The molecule has 1 aliphatic carbocycles. The molecule has 0 amide bonds. The third-order valence-corrected chi connectivity index (χ3v) is 5.35. The molecule has 2 nitrogen and oxygen atoms in total. The Morgan fingerprint density at radius 2 is 1.95 bits per heavy atom. The summed E-state index contributed by atoms with van der Waals surface area (Å²) in [6.45, 7) is 2.30. The summed E-state index contributed by atoms with van der Waals surface area (Å²) in [5.74, 6) is 1.71. The topological polar surface area (TPSA) is 21.3 Å². The molecule has 1 fully saturated rings. The molecule has 1 heterocycles. The predicted molar refractivity (Wildman–Crippen MR) is 88.6 cm³/mol. The van der Waals surface area contributed by atoms with E-state index in [4.69, 9.17) is 16.3 Å². The van der Waals surface area contributed by atoms with Crippen molar-refractivity contribution in [3.63, 3.8) is 0 Å². The van der Waals surface area contributed by atoms with E-state index in [1.165, 1.54) is 56.1 Å². The van der Waals surface area contributed by atoms with Crippen LogP contribution in [0.15, 0.2) is 6.07 Å². The second kappa shape index (κ2) is 7.02. The van der Waals surface area contributed by atoms with Crippen LogP contribution in [0, 0.1) is 5.92 Å². The number of ether oxygens (including phenoxy) is 1. The van der Waals surface area contributed by atoms with Gasteiger partial charge in [-0.15, -0.1) is 0 Å². The summed E-state index contributed by atoms with van der Waals surface area (Å²) in [5, 5.41) is 4.26. The first-order valence-electron chi connectivity index (χ1n) is 8.37. The molecule has 1 aromatic carbocycles. The second-order valence-corrected chi connectivity index (χ2v) is 6.87. The van der Waals surface area contributed by atoms with E-state index in [1.54, 1.807) is 12.7 Å². The highest BCUT2D eigenvalue weighted by Crippen LogP contribution is 2.38. The first-order chi connectivity index (χ1) is 10.3. The maximum Gasteiger partial charge on any atom is 0.140 e. The van der Waals surface area contributed by atoms with Crippen molar-refractivity contribution in [2.24, 2.45) is 5.92 Å². The fourth-order valence-electron chi connectivity index (χ4n) is 3.92. The van der Waals surface area contributed by atoms with Crippen molar-refractivity contribution >= 4 is 11.6 Å². The van der Waals surface area contributed by atoms with E-state index in [2.05, 4.69) is 11.4 Å². The zero-order chi connectivity index (χ0) is 14.7. The third-order valence-electron chi connectivity index (χ3n) is 5.07. The molecule has 0 unspecified atom stereocenters. The van der Waals surface area contributed by atoms with Crippen LogP contribution in [0.4, 0.5) is 0 Å². The maximum atomic E-state index is 6.50. The number of methoxy groups -OCH3 is 1. The molecule has 0 spiro atoms. The van der Waals surface area contributed by atoms with Gasteiger partial charge in [-0.05, 0) is 86.7 Å². The van der Waals surface area contributed by atoms with Gasteiger partial charge in [-0.3, -0.25) is 0 Å². The second-order valence-electron chi connectivity index (χ2n) is 6.47. The number of aryl methyl sites for hydroxylation is 1. The minimum Gasteiger partial charge on any atom is -0.495 e. The van der Waals surface area contributed by atoms with Crippen molar-refractivity contribution in [1.82, 2.24) is 5.32 Å². The van der Waals surface area contributed by atoms with Crippen molar-refractivity contribution < 1.29 is 4.74 Å². The molecule has 3 heteroatoms. The summed E-state index contributed by atoms with van der Waals surface area (Å²) in [5.41, 5.74) is 4.43. The van der Waals surface area contributed by atoms with Crippen LogP contribution >= 0.6 is 11.6 Å². The minimum absolute atomic E-state index is 0.769. The van der Waals surface area contributed by atoms with Gasteiger partial charge in [0.2, 0.25) is 0 Å². The van der Waals surface area contributed by atoms with E-state index >= 15 is 0 Å². The Labute approximate surface area is 133 Å². The SMILES string of the molecule is COc1c(Cl)cc2c(c1CC1CCNCC1)CCCCC2. The molecule has 1 N–H and O–H groups in total. The number of fused-ring (bicyclic) bond motifs is 1. The zero-order valence-corrected chi connectivity index (χ0v) is 13.8. The van der Waals surface area contributed by atoms with Crippen LogP contribution in [0.25, 0.3) is 0 Å². The highest BCUT2D eigenvalue weighted by atomic mass is 35.5. The van der Waals surface area contributed by atoms with Crippen LogP contribution in [0.1, 0.15) is 48.8 Å². The van der Waals surface area contributed by atoms with Crippen molar-refractivity contribution in [1.29, 1.82) is 0 Å². The number of hydrogen-bond acceptors (Lipinski definition) is 2.